The molecule has 0 rings (SSSR count). The average molecular weight is 183 g/mol. The van der Waals surface area contributed by atoms with Crippen LogP contribution in [0.1, 0.15) is 47.0 Å². The van der Waals surface area contributed by atoms with E-state index in [0.717, 1.165) is 18.9 Å². The van der Waals surface area contributed by atoms with Gasteiger partial charge in [-0.3, -0.25) is 0 Å². The van der Waals surface area contributed by atoms with Crippen LogP contribution >= 0.6 is 0 Å². The lowest BCUT2D eigenvalue weighted by Crippen LogP contribution is -2.26. The van der Waals surface area contributed by atoms with Crippen molar-refractivity contribution in [2.45, 2.75) is 53.0 Å². The van der Waals surface area contributed by atoms with Crippen LogP contribution in [-0.2, 0) is 0 Å². The van der Waals surface area contributed by atoms with Crippen LogP contribution in [-0.4, -0.2) is 12.6 Å². The molecule has 1 nitrogen and oxygen atoms in total. The summed E-state index contributed by atoms with van der Waals surface area (Å²) in [6, 6.07) is 0.674. The summed E-state index contributed by atoms with van der Waals surface area (Å²) < 4.78 is 0. The fraction of sp³-hybridized carbons (Fsp3) is 0.833. The topological polar surface area (TPSA) is 12.0 Å². The predicted molar refractivity (Wildman–Crippen MR) is 61.0 cm³/mol. The molecule has 0 spiro atoms. The van der Waals surface area contributed by atoms with E-state index in [1.807, 2.05) is 0 Å². The quantitative estimate of drug-likeness (QED) is 0.471. The molecule has 0 fully saturated rings. The summed E-state index contributed by atoms with van der Waals surface area (Å²) in [5.41, 5.74) is 0. The minimum absolute atomic E-state index is 0.674. The smallest absolute Gasteiger partial charge is 0.00389 e. The Hall–Kier alpha value is -0.300. The molecular weight excluding hydrogens is 158 g/mol. The van der Waals surface area contributed by atoms with Crippen LogP contribution in [0.5, 0.6) is 0 Å². The Balaban J connectivity index is 3.24. The van der Waals surface area contributed by atoms with E-state index in [0.29, 0.717) is 6.04 Å². The van der Waals surface area contributed by atoms with Gasteiger partial charge in [0.15, 0.2) is 0 Å². The zero-order valence-electron chi connectivity index (χ0n) is 9.64. The van der Waals surface area contributed by atoms with E-state index in [1.54, 1.807) is 0 Å². The molecule has 0 aliphatic carbocycles. The van der Waals surface area contributed by atoms with Crippen LogP contribution in [0.15, 0.2) is 12.2 Å². The summed E-state index contributed by atoms with van der Waals surface area (Å²) in [7, 11) is 0. The maximum atomic E-state index is 3.52. The zero-order chi connectivity index (χ0) is 10.1. The van der Waals surface area contributed by atoms with Crippen LogP contribution in [0.2, 0.25) is 0 Å². The van der Waals surface area contributed by atoms with Gasteiger partial charge in [-0.1, -0.05) is 26.0 Å². The molecule has 0 aromatic rings. The molecule has 1 N–H and O–H groups in total. The average Bonchev–Trinajstić information content (AvgIpc) is 2.09. The van der Waals surface area contributed by atoms with Crippen molar-refractivity contribution in [3.63, 3.8) is 0 Å². The van der Waals surface area contributed by atoms with Gasteiger partial charge in [-0.15, -0.1) is 0 Å². The third-order valence-corrected chi connectivity index (χ3v) is 2.22. The zero-order valence-corrected chi connectivity index (χ0v) is 9.64. The van der Waals surface area contributed by atoms with Gasteiger partial charge in [0.25, 0.3) is 0 Å². The second-order valence-corrected chi connectivity index (χ2v) is 4.18. The number of hydrogen-bond donors (Lipinski definition) is 1. The normalized spacial score (nSPS) is 14.2. The van der Waals surface area contributed by atoms with Crippen LogP contribution in [0.3, 0.4) is 0 Å². The van der Waals surface area contributed by atoms with Crippen molar-refractivity contribution >= 4 is 0 Å². The second-order valence-electron chi connectivity index (χ2n) is 4.18. The van der Waals surface area contributed by atoms with Gasteiger partial charge in [0.05, 0.1) is 0 Å². The Bertz CT molecular complexity index is 127. The third kappa shape index (κ3) is 9.62. The highest BCUT2D eigenvalue weighted by atomic mass is 14.9. The summed E-state index contributed by atoms with van der Waals surface area (Å²) in [5.74, 6) is 0.833. The predicted octanol–water partition coefficient (Wildman–Crippen LogP) is 3.37. The number of nitrogens with one attached hydrogen (secondary N) is 1. The molecule has 0 radical (unpaired) electrons. The Morgan fingerprint density at radius 3 is 2.38 bits per heavy atom. The van der Waals surface area contributed by atoms with E-state index >= 15 is 0 Å². The van der Waals surface area contributed by atoms with E-state index < -0.39 is 0 Å². The van der Waals surface area contributed by atoms with Crippen LogP contribution in [0, 0.1) is 5.92 Å². The second kappa shape index (κ2) is 8.31. The molecule has 0 aromatic carbocycles. The molecule has 78 valence electrons. The van der Waals surface area contributed by atoms with Crippen molar-refractivity contribution in [2.24, 2.45) is 5.92 Å². The van der Waals surface area contributed by atoms with Gasteiger partial charge >= 0.3 is 0 Å². The van der Waals surface area contributed by atoms with Crippen molar-refractivity contribution in [1.29, 1.82) is 0 Å². The van der Waals surface area contributed by atoms with Gasteiger partial charge < -0.3 is 5.32 Å². The number of rotatable bonds is 7. The monoisotopic (exact) mass is 183 g/mol. The highest BCUT2D eigenvalue weighted by Gasteiger charge is 2.01. The first kappa shape index (κ1) is 12.7. The fourth-order valence-corrected chi connectivity index (χ4v) is 1.27. The maximum absolute atomic E-state index is 3.52. The first-order chi connectivity index (χ1) is 6.16. The van der Waals surface area contributed by atoms with Gasteiger partial charge in [0.1, 0.15) is 0 Å². The molecule has 0 heterocycles. The molecule has 0 amide bonds. The van der Waals surface area contributed by atoms with Crippen molar-refractivity contribution in [2.75, 3.05) is 6.54 Å². The Morgan fingerprint density at radius 1 is 1.15 bits per heavy atom. The number of allylic oxidation sites excluding steroid dienone is 1. The van der Waals surface area contributed by atoms with E-state index in [9.17, 15) is 0 Å². The fourth-order valence-electron chi connectivity index (χ4n) is 1.27. The Labute approximate surface area is 83.6 Å². The summed E-state index contributed by atoms with van der Waals surface area (Å²) in [6.45, 7) is 10.0. The first-order valence-electron chi connectivity index (χ1n) is 5.51. The van der Waals surface area contributed by atoms with Gasteiger partial charge in [-0.25, -0.2) is 0 Å². The molecule has 1 unspecified atom stereocenters. The van der Waals surface area contributed by atoms with Crippen molar-refractivity contribution in [3.8, 4) is 0 Å². The summed E-state index contributed by atoms with van der Waals surface area (Å²) in [5, 5.41) is 3.52. The van der Waals surface area contributed by atoms with Crippen molar-refractivity contribution in [1.82, 2.24) is 5.32 Å². The van der Waals surface area contributed by atoms with Crippen molar-refractivity contribution < 1.29 is 0 Å². The van der Waals surface area contributed by atoms with Gasteiger partial charge in [-0.05, 0) is 45.6 Å². The van der Waals surface area contributed by atoms with Crippen LogP contribution < -0.4 is 5.32 Å². The third-order valence-electron chi connectivity index (χ3n) is 2.22. The van der Waals surface area contributed by atoms with Gasteiger partial charge in [-0.2, -0.15) is 0 Å². The van der Waals surface area contributed by atoms with E-state index in [1.165, 1.54) is 12.8 Å². The summed E-state index contributed by atoms with van der Waals surface area (Å²) in [6.07, 6.45) is 8.11. The lowest BCUT2D eigenvalue weighted by molar-refractivity contribution is 0.454. The molecule has 0 saturated carbocycles. The number of hydrogen-bond acceptors (Lipinski definition) is 1. The van der Waals surface area contributed by atoms with E-state index in [2.05, 4.69) is 45.2 Å². The minimum atomic E-state index is 0.674. The summed E-state index contributed by atoms with van der Waals surface area (Å²) in [4.78, 5) is 0. The molecule has 13 heavy (non-hydrogen) atoms. The first-order valence-corrected chi connectivity index (χ1v) is 5.51. The molecule has 0 bridgehead atoms. The molecule has 0 aliphatic rings. The SMILES string of the molecule is C/C=C/CCNC(C)CCC(C)C. The van der Waals surface area contributed by atoms with Crippen LogP contribution in [0.25, 0.3) is 0 Å². The molecule has 1 heteroatoms. The molecular formula is C12H25N. The van der Waals surface area contributed by atoms with E-state index in [-0.39, 0.29) is 0 Å². The molecule has 0 aliphatic heterocycles. The van der Waals surface area contributed by atoms with E-state index in [4.69, 9.17) is 0 Å². The molecule has 0 saturated heterocycles. The largest absolute Gasteiger partial charge is 0.314 e. The summed E-state index contributed by atoms with van der Waals surface area (Å²) >= 11 is 0. The molecule has 1 atom stereocenters. The molecule has 0 aromatic heterocycles. The lowest BCUT2D eigenvalue weighted by Gasteiger charge is -2.14. The highest BCUT2D eigenvalue weighted by molar-refractivity contribution is 4.78. The lowest BCUT2D eigenvalue weighted by atomic mass is 10.0. The van der Waals surface area contributed by atoms with Gasteiger partial charge in [0.2, 0.25) is 0 Å². The Kier molecular flexibility index (Phi) is 8.11. The maximum Gasteiger partial charge on any atom is 0.00389 e. The van der Waals surface area contributed by atoms with Gasteiger partial charge in [0, 0.05) is 6.04 Å². The standard InChI is InChI=1S/C12H25N/c1-5-6-7-10-13-12(4)9-8-11(2)3/h5-6,11-13H,7-10H2,1-4H3/b6-5+. The Morgan fingerprint density at radius 2 is 1.85 bits per heavy atom. The van der Waals surface area contributed by atoms with Crippen LogP contribution in [0.4, 0.5) is 0 Å². The van der Waals surface area contributed by atoms with Crippen molar-refractivity contribution in [3.05, 3.63) is 12.2 Å². The highest BCUT2D eigenvalue weighted by Crippen LogP contribution is 2.06. The minimum Gasteiger partial charge on any atom is -0.314 e.